The summed E-state index contributed by atoms with van der Waals surface area (Å²) in [5.41, 5.74) is 10.4. The van der Waals surface area contributed by atoms with Crippen LogP contribution >= 0.6 is 0 Å². The number of unbranched alkanes of at least 4 members (excludes halogenated alkanes) is 1. The van der Waals surface area contributed by atoms with Gasteiger partial charge in [0.2, 0.25) is 0 Å². The van der Waals surface area contributed by atoms with E-state index in [1.54, 1.807) is 5.56 Å². The third-order valence-corrected chi connectivity index (χ3v) is 8.75. The van der Waals surface area contributed by atoms with Crippen LogP contribution in [0.2, 0.25) is 5.31 Å². The summed E-state index contributed by atoms with van der Waals surface area (Å²) in [4.78, 5) is 0. The molecule has 0 aliphatic heterocycles. The minimum absolute atomic E-state index is 0.224. The molecule has 4 aromatic rings. The van der Waals surface area contributed by atoms with Gasteiger partial charge in [-0.05, 0) is 99.6 Å². The van der Waals surface area contributed by atoms with Crippen molar-refractivity contribution < 1.29 is 0 Å². The Hall–Kier alpha value is -2.54. The van der Waals surface area contributed by atoms with E-state index in [0.29, 0.717) is 0 Å². The van der Waals surface area contributed by atoms with Crippen LogP contribution in [0, 0.1) is 27.7 Å². The molecule has 0 N–H and O–H groups in total. The number of hydrogen-bond donors (Lipinski definition) is 0. The van der Waals surface area contributed by atoms with Crippen LogP contribution in [0.25, 0.3) is 32.7 Å². The van der Waals surface area contributed by atoms with E-state index in [4.69, 9.17) is 0 Å². The summed E-state index contributed by atoms with van der Waals surface area (Å²) < 4.78 is 0. The third-order valence-electron chi connectivity index (χ3n) is 8.75. The maximum Gasteiger partial charge on any atom is 0.139 e. The predicted molar refractivity (Wildman–Crippen MR) is 164 cm³/mol. The average molecular weight is 477 g/mol. The number of rotatable bonds is 7. The monoisotopic (exact) mass is 476 g/mol. The SMILES string of the molecule is CCCCC(BC(C)(C)C)(CC)c1c(C)c(C)c(-c2cc3ccccc3c3ccccc23)c(C)c1C. The van der Waals surface area contributed by atoms with Crippen LogP contribution in [0.15, 0.2) is 54.6 Å². The van der Waals surface area contributed by atoms with Crippen LogP contribution < -0.4 is 0 Å². The van der Waals surface area contributed by atoms with Crippen LogP contribution in [-0.4, -0.2) is 7.28 Å². The van der Waals surface area contributed by atoms with Crippen molar-refractivity contribution in [3.8, 4) is 11.1 Å². The first kappa shape index (κ1) is 26.5. The van der Waals surface area contributed by atoms with Gasteiger partial charge in [-0.1, -0.05) is 114 Å². The molecule has 1 atom stereocenters. The van der Waals surface area contributed by atoms with E-state index in [1.165, 1.54) is 87.9 Å². The third kappa shape index (κ3) is 4.62. The fourth-order valence-corrected chi connectivity index (χ4v) is 7.08. The van der Waals surface area contributed by atoms with Crippen LogP contribution in [0.1, 0.15) is 88.1 Å². The highest BCUT2D eigenvalue weighted by Gasteiger charge is 2.39. The molecule has 0 saturated heterocycles. The molecule has 4 aromatic carbocycles. The summed E-state index contributed by atoms with van der Waals surface area (Å²) in [6.07, 6.45) is 5.01. The minimum atomic E-state index is 0.224. The zero-order valence-corrected chi connectivity index (χ0v) is 24.2. The van der Waals surface area contributed by atoms with Crippen LogP contribution in [0.3, 0.4) is 0 Å². The second kappa shape index (κ2) is 10.1. The quantitative estimate of drug-likeness (QED) is 0.184. The highest BCUT2D eigenvalue weighted by atomic mass is 14.3. The van der Waals surface area contributed by atoms with Gasteiger partial charge < -0.3 is 0 Å². The summed E-state index contributed by atoms with van der Waals surface area (Å²) in [6.45, 7) is 21.6. The lowest BCUT2D eigenvalue weighted by molar-refractivity contribution is 0.481. The Morgan fingerprint density at radius 2 is 1.25 bits per heavy atom. The first-order chi connectivity index (χ1) is 17.0. The Morgan fingerprint density at radius 1 is 0.694 bits per heavy atom. The summed E-state index contributed by atoms with van der Waals surface area (Å²) in [7, 11) is 1.23. The molecule has 0 aliphatic rings. The van der Waals surface area contributed by atoms with Gasteiger partial charge in [0.1, 0.15) is 7.28 Å². The number of hydrogen-bond acceptors (Lipinski definition) is 0. The molecule has 0 spiro atoms. The van der Waals surface area contributed by atoms with E-state index in [-0.39, 0.29) is 10.6 Å². The molecule has 0 aromatic heterocycles. The highest BCUT2D eigenvalue weighted by molar-refractivity contribution is 6.44. The first-order valence-electron chi connectivity index (χ1n) is 14.1. The van der Waals surface area contributed by atoms with Gasteiger partial charge in [0, 0.05) is 0 Å². The molecule has 0 bridgehead atoms. The highest BCUT2D eigenvalue weighted by Crippen LogP contribution is 2.47. The lowest BCUT2D eigenvalue weighted by atomic mass is 9.36. The van der Waals surface area contributed by atoms with Gasteiger partial charge in [-0.25, -0.2) is 0 Å². The van der Waals surface area contributed by atoms with E-state index in [1.807, 2.05) is 0 Å². The van der Waals surface area contributed by atoms with Crippen molar-refractivity contribution >= 4 is 28.8 Å². The van der Waals surface area contributed by atoms with Gasteiger partial charge in [-0.2, -0.15) is 0 Å². The summed E-state index contributed by atoms with van der Waals surface area (Å²) in [6, 6.07) is 20.2. The van der Waals surface area contributed by atoms with Gasteiger partial charge in [0.25, 0.3) is 0 Å². The topological polar surface area (TPSA) is 0 Å². The molecular weight excluding hydrogens is 431 g/mol. The van der Waals surface area contributed by atoms with E-state index in [0.717, 1.165) is 0 Å². The molecule has 0 saturated carbocycles. The first-order valence-corrected chi connectivity index (χ1v) is 14.1. The second-order valence-electron chi connectivity index (χ2n) is 12.4. The van der Waals surface area contributed by atoms with E-state index in [9.17, 15) is 0 Å². The zero-order valence-electron chi connectivity index (χ0n) is 24.2. The van der Waals surface area contributed by atoms with Crippen LogP contribution in [0.5, 0.6) is 0 Å². The van der Waals surface area contributed by atoms with Crippen molar-refractivity contribution in [2.24, 2.45) is 0 Å². The summed E-state index contributed by atoms with van der Waals surface area (Å²) in [5, 5.41) is 5.88. The smallest absolute Gasteiger partial charge is 0.0670 e. The van der Waals surface area contributed by atoms with E-state index in [2.05, 4.69) is 117 Å². The van der Waals surface area contributed by atoms with Crippen molar-refractivity contribution in [2.75, 3.05) is 0 Å². The average Bonchev–Trinajstić information content (AvgIpc) is 2.85. The molecule has 1 unspecified atom stereocenters. The Balaban J connectivity index is 2.05. The van der Waals surface area contributed by atoms with Crippen molar-refractivity contribution in [1.82, 2.24) is 0 Å². The molecule has 0 amide bonds. The van der Waals surface area contributed by atoms with E-state index < -0.39 is 0 Å². The Morgan fingerprint density at radius 3 is 1.81 bits per heavy atom. The molecule has 0 radical (unpaired) electrons. The molecule has 0 heterocycles. The van der Waals surface area contributed by atoms with Crippen molar-refractivity contribution in [1.29, 1.82) is 0 Å². The largest absolute Gasteiger partial charge is 0.139 e. The summed E-state index contributed by atoms with van der Waals surface area (Å²) in [5.74, 6) is 0. The normalized spacial score (nSPS) is 13.8. The number of benzene rings is 4. The van der Waals surface area contributed by atoms with Gasteiger partial charge in [0.15, 0.2) is 0 Å². The Kier molecular flexibility index (Phi) is 7.43. The maximum absolute atomic E-state index is 2.44. The lowest BCUT2D eigenvalue weighted by Gasteiger charge is -2.41. The fraction of sp³-hybridized carbons (Fsp3) is 0.429. The zero-order chi connectivity index (χ0) is 26.3. The van der Waals surface area contributed by atoms with E-state index >= 15 is 0 Å². The molecule has 36 heavy (non-hydrogen) atoms. The molecule has 0 fully saturated rings. The van der Waals surface area contributed by atoms with Crippen LogP contribution in [0.4, 0.5) is 0 Å². The van der Waals surface area contributed by atoms with Crippen molar-refractivity contribution in [3.63, 3.8) is 0 Å². The van der Waals surface area contributed by atoms with Gasteiger partial charge in [0.05, 0.1) is 0 Å². The van der Waals surface area contributed by atoms with Crippen LogP contribution in [-0.2, 0) is 5.31 Å². The van der Waals surface area contributed by atoms with Crippen molar-refractivity contribution in [3.05, 3.63) is 82.4 Å². The molecule has 0 nitrogen and oxygen atoms in total. The maximum atomic E-state index is 2.44. The molecule has 1 heteroatoms. The van der Waals surface area contributed by atoms with Crippen molar-refractivity contribution in [2.45, 2.75) is 98.6 Å². The molecule has 0 aliphatic carbocycles. The fourth-order valence-electron chi connectivity index (χ4n) is 7.08. The lowest BCUT2D eigenvalue weighted by Crippen LogP contribution is -2.39. The Labute approximate surface area is 220 Å². The minimum Gasteiger partial charge on any atom is -0.0670 e. The molecule has 188 valence electrons. The number of fused-ring (bicyclic) bond motifs is 3. The second-order valence-corrected chi connectivity index (χ2v) is 12.4. The molecular formula is C35H45B. The standard InChI is InChI=1S/C35H45B/c1-10-12-21-35(11-2,36-34(7,8)9)33-25(5)23(3)32(24(4)26(33)6)31-22-27-17-13-14-18-28(27)29-19-15-16-20-30(29)31/h13-20,22,36H,10-12,21H2,1-9H3. The predicted octanol–water partition coefficient (Wildman–Crippen LogP) is 10.3. The molecule has 4 rings (SSSR count). The summed E-state index contributed by atoms with van der Waals surface area (Å²) >= 11 is 0. The van der Waals surface area contributed by atoms with Gasteiger partial charge in [-0.15, -0.1) is 0 Å². The van der Waals surface area contributed by atoms with Gasteiger partial charge in [-0.3, -0.25) is 0 Å². The van der Waals surface area contributed by atoms with Gasteiger partial charge >= 0.3 is 0 Å². The Bertz CT molecular complexity index is 1370.